The van der Waals surface area contributed by atoms with Gasteiger partial charge in [-0.3, -0.25) is 0 Å². The average Bonchev–Trinajstić information content (AvgIpc) is 3.89. The molecule has 2 aliphatic rings. The second-order valence-electron chi connectivity index (χ2n) is 18.8. The van der Waals surface area contributed by atoms with E-state index in [1.807, 2.05) is 0 Å². The molecule has 2 aliphatic heterocycles. The van der Waals surface area contributed by atoms with E-state index in [2.05, 4.69) is 283 Å². The van der Waals surface area contributed by atoms with Gasteiger partial charge in [0.1, 0.15) is 0 Å². The highest BCUT2D eigenvalue weighted by Crippen LogP contribution is 2.66. The van der Waals surface area contributed by atoms with Crippen molar-refractivity contribution in [2.45, 2.75) is 36.8 Å². The van der Waals surface area contributed by atoms with E-state index in [0.29, 0.717) is 0 Å². The number of para-hydroxylation sites is 2. The van der Waals surface area contributed by atoms with Crippen molar-refractivity contribution in [2.24, 2.45) is 0 Å². The molecule has 2 heterocycles. The van der Waals surface area contributed by atoms with Gasteiger partial charge in [-0.15, -0.1) is 0 Å². The average molecular weight is 903 g/mol. The van der Waals surface area contributed by atoms with Gasteiger partial charge < -0.3 is 9.13 Å². The zero-order valence-corrected chi connectivity index (χ0v) is 39.9. The second kappa shape index (κ2) is 18.3. The highest BCUT2D eigenvalue weighted by molar-refractivity contribution is 6.94. The molecule has 0 saturated heterocycles. The summed E-state index contributed by atoms with van der Waals surface area (Å²) in [5.74, 6) is 0.185. The van der Waals surface area contributed by atoms with E-state index in [4.69, 9.17) is 0 Å². The van der Waals surface area contributed by atoms with E-state index in [0.717, 1.165) is 12.8 Å². The molecule has 332 valence electrons. The summed E-state index contributed by atoms with van der Waals surface area (Å²) >= 11 is 0. The van der Waals surface area contributed by atoms with Crippen LogP contribution in [-0.4, -0.2) is 8.40 Å². The van der Waals surface area contributed by atoms with Gasteiger partial charge in [0.2, 0.25) is 0 Å². The first kappa shape index (κ1) is 42.4. The van der Waals surface area contributed by atoms with Gasteiger partial charge in [0, 0.05) is 22.5 Å². The van der Waals surface area contributed by atoms with Gasteiger partial charge >= 0.3 is 0 Å². The van der Waals surface area contributed by atoms with Crippen molar-refractivity contribution in [1.82, 2.24) is 0 Å². The Morgan fingerprint density at radius 2 is 0.681 bits per heavy atom. The molecular weight excluding hydrogens is 849 g/mol. The Balaban J connectivity index is 1.07. The number of fused-ring (bicyclic) bond motifs is 2. The van der Waals surface area contributed by atoms with E-state index < -0.39 is 8.40 Å². The van der Waals surface area contributed by atoms with Gasteiger partial charge in [-0.2, -0.15) is 0 Å². The third-order valence-corrected chi connectivity index (χ3v) is 20.8. The van der Waals surface area contributed by atoms with Crippen LogP contribution in [0.4, 0.5) is 22.7 Å². The molecular formula is C66H54N2Si. The monoisotopic (exact) mass is 902 g/mol. The summed E-state index contributed by atoms with van der Waals surface area (Å²) in [7, 11) is -3.15. The van der Waals surface area contributed by atoms with Crippen molar-refractivity contribution < 1.29 is 0 Å². The first-order chi connectivity index (χ1) is 34.1. The lowest BCUT2D eigenvalue weighted by atomic mass is 9.89. The zero-order valence-electron chi connectivity index (χ0n) is 38.9. The fourth-order valence-corrected chi connectivity index (χ4v) is 18.9. The van der Waals surface area contributed by atoms with Gasteiger partial charge in [0.05, 0.1) is 11.4 Å². The van der Waals surface area contributed by atoms with Crippen LogP contribution < -0.4 is 9.13 Å². The Bertz CT molecular complexity index is 3210. The van der Waals surface area contributed by atoms with Gasteiger partial charge in [-0.05, 0) is 122 Å². The minimum Gasteiger partial charge on any atom is -0.348 e. The predicted octanol–water partition coefficient (Wildman–Crippen LogP) is 17.5. The van der Waals surface area contributed by atoms with Crippen LogP contribution in [0.5, 0.6) is 0 Å². The Morgan fingerprint density at radius 3 is 1.10 bits per heavy atom. The predicted molar refractivity (Wildman–Crippen MR) is 293 cm³/mol. The SMILES string of the molecule is CC(c1ccc(-c2ccccc2)cc1)C1c2ccccc2C(CCc2ccc(-c3ccccc3)cc2)[Si]12N(c1ccc(-c3ccccc3)cc1)c1ccccc1N2c1ccc(-c2ccccc2)cc1. The van der Waals surface area contributed by atoms with Crippen LogP contribution in [0.25, 0.3) is 44.5 Å². The van der Waals surface area contributed by atoms with Crippen molar-refractivity contribution in [3.63, 3.8) is 0 Å². The number of rotatable bonds is 11. The minimum atomic E-state index is -3.15. The molecule has 0 saturated carbocycles. The molecule has 10 aromatic carbocycles. The molecule has 0 aliphatic carbocycles. The summed E-state index contributed by atoms with van der Waals surface area (Å²) in [4.78, 5) is 0. The van der Waals surface area contributed by atoms with Crippen LogP contribution in [0.2, 0.25) is 0 Å². The van der Waals surface area contributed by atoms with Gasteiger partial charge in [-0.25, -0.2) is 0 Å². The van der Waals surface area contributed by atoms with E-state index in [9.17, 15) is 0 Å². The fourth-order valence-electron chi connectivity index (χ4n) is 11.9. The molecule has 3 unspecified atom stereocenters. The van der Waals surface area contributed by atoms with Crippen LogP contribution in [-0.2, 0) is 6.42 Å². The molecule has 0 amide bonds. The first-order valence-corrected chi connectivity index (χ1v) is 26.6. The van der Waals surface area contributed by atoms with Gasteiger partial charge in [0.15, 0.2) is 0 Å². The van der Waals surface area contributed by atoms with E-state index in [-0.39, 0.29) is 17.0 Å². The summed E-state index contributed by atoms with van der Waals surface area (Å²) in [5, 5.41) is 0. The number of nitrogens with zero attached hydrogens (tertiary/aromatic N) is 2. The zero-order chi connectivity index (χ0) is 46.2. The van der Waals surface area contributed by atoms with Crippen molar-refractivity contribution in [2.75, 3.05) is 9.13 Å². The maximum atomic E-state index is 2.91. The highest BCUT2D eigenvalue weighted by Gasteiger charge is 2.68. The molecule has 12 rings (SSSR count). The van der Waals surface area contributed by atoms with Crippen LogP contribution in [0.1, 0.15) is 52.6 Å². The van der Waals surface area contributed by atoms with E-state index in [1.54, 1.807) is 0 Å². The molecule has 0 N–H and O–H groups in total. The summed E-state index contributed by atoms with van der Waals surface area (Å²) < 4.78 is 5.82. The van der Waals surface area contributed by atoms with Crippen LogP contribution in [0.15, 0.2) is 267 Å². The van der Waals surface area contributed by atoms with Crippen molar-refractivity contribution in [3.05, 3.63) is 289 Å². The number of benzene rings is 10. The molecule has 0 radical (unpaired) electrons. The van der Waals surface area contributed by atoms with Crippen molar-refractivity contribution >= 4 is 31.1 Å². The molecule has 0 bridgehead atoms. The Kier molecular flexibility index (Phi) is 11.2. The summed E-state index contributed by atoms with van der Waals surface area (Å²) in [6.45, 7) is 2.52. The van der Waals surface area contributed by atoms with Crippen molar-refractivity contribution in [1.29, 1.82) is 0 Å². The Labute approximate surface area is 408 Å². The second-order valence-corrected chi connectivity index (χ2v) is 22.6. The lowest BCUT2D eigenvalue weighted by Gasteiger charge is -2.50. The number of hydrogen-bond acceptors (Lipinski definition) is 2. The molecule has 10 aromatic rings. The smallest absolute Gasteiger partial charge is 0.289 e. The van der Waals surface area contributed by atoms with Crippen LogP contribution >= 0.6 is 0 Å². The third kappa shape index (κ3) is 7.60. The molecule has 0 fully saturated rings. The molecule has 2 nitrogen and oxygen atoms in total. The van der Waals surface area contributed by atoms with E-state index in [1.165, 1.54) is 89.5 Å². The molecule has 3 heteroatoms. The molecule has 3 atom stereocenters. The Hall–Kier alpha value is -7.98. The Morgan fingerprint density at radius 1 is 0.348 bits per heavy atom. The third-order valence-electron chi connectivity index (χ3n) is 15.0. The lowest BCUT2D eigenvalue weighted by Crippen LogP contribution is -2.66. The van der Waals surface area contributed by atoms with Gasteiger partial charge in [-0.1, -0.05) is 237 Å². The quantitative estimate of drug-likeness (QED) is 0.119. The highest BCUT2D eigenvalue weighted by atomic mass is 28.4. The first-order valence-electron chi connectivity index (χ1n) is 24.5. The standard InChI is InChI=1S/C66H54N2Si/c1-48(50-35-37-56(38-36-50)52-20-8-3-9-21-52)66-62-27-15-14-26-61(62)65(47-32-49-30-33-55(34-31-49)51-18-6-2-7-19-51)69(66)67(59-43-39-57(40-44-59)53-22-10-4-11-23-53)63-28-16-17-29-64(63)68(69)60-45-41-58(42-46-60)54-24-12-5-13-25-54/h2-31,33-46,48,65-66H,32,47H2,1H3. The summed E-state index contributed by atoms with van der Waals surface area (Å²) in [6, 6.07) is 99.9. The largest absolute Gasteiger partial charge is 0.348 e. The molecule has 1 spiro atoms. The summed E-state index contributed by atoms with van der Waals surface area (Å²) in [6.07, 6.45) is 1.98. The normalized spacial score (nSPS) is 16.0. The number of anilines is 4. The van der Waals surface area contributed by atoms with Crippen molar-refractivity contribution in [3.8, 4) is 44.5 Å². The maximum Gasteiger partial charge on any atom is 0.289 e. The van der Waals surface area contributed by atoms with Gasteiger partial charge in [0.25, 0.3) is 8.40 Å². The fraction of sp³-hybridized carbons (Fsp3) is 0.0909. The maximum absolute atomic E-state index is 3.15. The lowest BCUT2D eigenvalue weighted by molar-refractivity contribution is 0.694. The molecule has 69 heavy (non-hydrogen) atoms. The minimum absolute atomic E-state index is 0.178. The van der Waals surface area contributed by atoms with Crippen LogP contribution in [0.3, 0.4) is 0 Å². The van der Waals surface area contributed by atoms with E-state index >= 15 is 0 Å². The number of aryl methyl sites for hydroxylation is 1. The topological polar surface area (TPSA) is 6.48 Å². The van der Waals surface area contributed by atoms with Crippen LogP contribution in [0, 0.1) is 0 Å². The molecule has 0 aromatic heterocycles. The number of hydrogen-bond donors (Lipinski definition) is 0. The summed E-state index contributed by atoms with van der Waals surface area (Å²) in [5.41, 5.74) is 21.1.